The first-order chi connectivity index (χ1) is 7.25. The van der Waals surface area contributed by atoms with Crippen LogP contribution in [-0.2, 0) is 6.42 Å². The average Bonchev–Trinajstić information content (AvgIpc) is 2.86. The van der Waals surface area contributed by atoms with E-state index in [-0.39, 0.29) is 6.04 Å². The summed E-state index contributed by atoms with van der Waals surface area (Å²) in [6, 6.07) is -0.0574. The Balaban J connectivity index is 1.82. The third kappa shape index (κ3) is 2.79. The Labute approximate surface area is 90.5 Å². The van der Waals surface area contributed by atoms with Gasteiger partial charge < -0.3 is 15.1 Å². The molecular formula is C11H19N3O. The number of likely N-dealkylation sites (tertiary alicyclic amines) is 1. The second kappa shape index (κ2) is 4.77. The van der Waals surface area contributed by atoms with E-state index < -0.39 is 0 Å². The summed E-state index contributed by atoms with van der Waals surface area (Å²) in [7, 11) is 0. The van der Waals surface area contributed by atoms with Gasteiger partial charge in [-0.2, -0.15) is 0 Å². The van der Waals surface area contributed by atoms with Crippen molar-refractivity contribution in [2.45, 2.75) is 32.2 Å². The molecule has 0 bridgehead atoms. The zero-order valence-electron chi connectivity index (χ0n) is 9.28. The van der Waals surface area contributed by atoms with Crippen LogP contribution in [0.25, 0.3) is 0 Å². The minimum Gasteiger partial charge on any atom is -0.444 e. The molecule has 1 aromatic heterocycles. The first kappa shape index (κ1) is 10.6. The molecule has 2 heterocycles. The highest BCUT2D eigenvalue weighted by Crippen LogP contribution is 2.13. The lowest BCUT2D eigenvalue weighted by Crippen LogP contribution is -2.21. The zero-order chi connectivity index (χ0) is 10.7. The predicted octanol–water partition coefficient (Wildman–Crippen LogP) is 1.33. The molecule has 1 aliphatic rings. The summed E-state index contributed by atoms with van der Waals surface area (Å²) in [5.41, 5.74) is 5.70. The molecule has 0 saturated carbocycles. The van der Waals surface area contributed by atoms with Gasteiger partial charge in [0.15, 0.2) is 5.89 Å². The van der Waals surface area contributed by atoms with Gasteiger partial charge in [-0.3, -0.25) is 0 Å². The van der Waals surface area contributed by atoms with Gasteiger partial charge in [0.05, 0.1) is 12.2 Å². The molecule has 4 nitrogen and oxygen atoms in total. The molecule has 1 saturated heterocycles. The lowest BCUT2D eigenvalue weighted by Gasteiger charge is -2.12. The van der Waals surface area contributed by atoms with Gasteiger partial charge >= 0.3 is 0 Å². The summed E-state index contributed by atoms with van der Waals surface area (Å²) < 4.78 is 5.54. The Morgan fingerprint density at radius 2 is 2.27 bits per heavy atom. The van der Waals surface area contributed by atoms with Crippen molar-refractivity contribution < 1.29 is 4.42 Å². The molecule has 0 radical (unpaired) electrons. The maximum absolute atomic E-state index is 5.70. The van der Waals surface area contributed by atoms with Crippen molar-refractivity contribution in [3.63, 3.8) is 0 Å². The van der Waals surface area contributed by atoms with E-state index in [0.29, 0.717) is 0 Å². The fraction of sp³-hybridized carbons (Fsp3) is 0.727. The van der Waals surface area contributed by atoms with E-state index in [1.54, 1.807) is 6.20 Å². The van der Waals surface area contributed by atoms with Crippen LogP contribution in [0.5, 0.6) is 0 Å². The number of nitrogens with zero attached hydrogens (tertiary/aromatic N) is 2. The molecule has 0 spiro atoms. The van der Waals surface area contributed by atoms with E-state index in [9.17, 15) is 0 Å². The fourth-order valence-electron chi connectivity index (χ4n) is 1.91. The number of oxazole rings is 1. The molecule has 2 N–H and O–H groups in total. The molecule has 4 heteroatoms. The molecule has 0 aromatic carbocycles. The van der Waals surface area contributed by atoms with Crippen LogP contribution in [0.4, 0.5) is 0 Å². The molecular weight excluding hydrogens is 190 g/mol. The van der Waals surface area contributed by atoms with E-state index in [2.05, 4.69) is 9.88 Å². The van der Waals surface area contributed by atoms with Crippen molar-refractivity contribution in [2.24, 2.45) is 5.73 Å². The van der Waals surface area contributed by atoms with Gasteiger partial charge in [0.25, 0.3) is 0 Å². The van der Waals surface area contributed by atoms with E-state index in [1.165, 1.54) is 25.9 Å². The Kier molecular flexibility index (Phi) is 3.38. The van der Waals surface area contributed by atoms with Gasteiger partial charge in [-0.1, -0.05) is 0 Å². The highest BCUT2D eigenvalue weighted by Gasteiger charge is 2.13. The zero-order valence-corrected chi connectivity index (χ0v) is 9.28. The quantitative estimate of drug-likeness (QED) is 0.813. The summed E-state index contributed by atoms with van der Waals surface area (Å²) in [6.45, 7) is 5.41. The fourth-order valence-corrected chi connectivity index (χ4v) is 1.91. The lowest BCUT2D eigenvalue weighted by molar-refractivity contribution is 0.324. The van der Waals surface area contributed by atoms with Crippen LogP contribution < -0.4 is 5.73 Å². The van der Waals surface area contributed by atoms with E-state index >= 15 is 0 Å². The van der Waals surface area contributed by atoms with E-state index in [1.807, 2.05) is 6.92 Å². The molecule has 1 unspecified atom stereocenters. The van der Waals surface area contributed by atoms with E-state index in [0.717, 1.165) is 24.6 Å². The van der Waals surface area contributed by atoms with Crippen molar-refractivity contribution in [1.29, 1.82) is 0 Å². The summed E-state index contributed by atoms with van der Waals surface area (Å²) >= 11 is 0. The van der Waals surface area contributed by atoms with Crippen molar-refractivity contribution in [3.05, 3.63) is 17.8 Å². The molecule has 2 rings (SSSR count). The third-order valence-electron chi connectivity index (χ3n) is 2.86. The van der Waals surface area contributed by atoms with Crippen molar-refractivity contribution in [3.8, 4) is 0 Å². The second-order valence-electron chi connectivity index (χ2n) is 4.24. The SMILES string of the molecule is CC(N)c1cnc(CCN2CCCC2)o1. The number of rotatable bonds is 4. The molecule has 1 fully saturated rings. The summed E-state index contributed by atoms with van der Waals surface area (Å²) in [5, 5.41) is 0. The Hall–Kier alpha value is -0.870. The summed E-state index contributed by atoms with van der Waals surface area (Å²) in [5.74, 6) is 1.60. The molecule has 84 valence electrons. The third-order valence-corrected chi connectivity index (χ3v) is 2.86. The number of hydrogen-bond donors (Lipinski definition) is 1. The Morgan fingerprint density at radius 3 is 2.87 bits per heavy atom. The van der Waals surface area contributed by atoms with Gasteiger partial charge in [-0.15, -0.1) is 0 Å². The lowest BCUT2D eigenvalue weighted by atomic mass is 10.3. The topological polar surface area (TPSA) is 55.3 Å². The van der Waals surface area contributed by atoms with Crippen LogP contribution in [-0.4, -0.2) is 29.5 Å². The van der Waals surface area contributed by atoms with Crippen LogP contribution in [0.15, 0.2) is 10.6 Å². The van der Waals surface area contributed by atoms with Crippen molar-refractivity contribution >= 4 is 0 Å². The van der Waals surface area contributed by atoms with Crippen LogP contribution >= 0.6 is 0 Å². The second-order valence-corrected chi connectivity index (χ2v) is 4.24. The van der Waals surface area contributed by atoms with Crippen molar-refractivity contribution in [2.75, 3.05) is 19.6 Å². The standard InChI is InChI=1S/C11H19N3O/c1-9(12)10-8-13-11(15-10)4-7-14-5-2-3-6-14/h8-9H,2-7,12H2,1H3. The molecule has 1 aromatic rings. The number of hydrogen-bond acceptors (Lipinski definition) is 4. The van der Waals surface area contributed by atoms with Gasteiger partial charge in [0.2, 0.25) is 0 Å². The minimum atomic E-state index is -0.0574. The number of aromatic nitrogens is 1. The largest absolute Gasteiger partial charge is 0.444 e. The molecule has 1 atom stereocenters. The molecule has 1 aliphatic heterocycles. The predicted molar refractivity (Wildman–Crippen MR) is 58.5 cm³/mol. The van der Waals surface area contributed by atoms with E-state index in [4.69, 9.17) is 10.2 Å². The van der Waals surface area contributed by atoms with Crippen LogP contribution in [0.1, 0.15) is 37.5 Å². The highest BCUT2D eigenvalue weighted by molar-refractivity contribution is 4.98. The molecule has 15 heavy (non-hydrogen) atoms. The smallest absolute Gasteiger partial charge is 0.195 e. The molecule has 0 amide bonds. The average molecular weight is 209 g/mol. The maximum Gasteiger partial charge on any atom is 0.195 e. The first-order valence-corrected chi connectivity index (χ1v) is 5.68. The van der Waals surface area contributed by atoms with Gasteiger partial charge in [-0.25, -0.2) is 4.98 Å². The van der Waals surface area contributed by atoms with Gasteiger partial charge in [0, 0.05) is 13.0 Å². The van der Waals surface area contributed by atoms with Gasteiger partial charge in [0.1, 0.15) is 5.76 Å². The Morgan fingerprint density at radius 1 is 1.53 bits per heavy atom. The highest BCUT2D eigenvalue weighted by atomic mass is 16.4. The first-order valence-electron chi connectivity index (χ1n) is 5.68. The van der Waals surface area contributed by atoms with Gasteiger partial charge in [-0.05, 0) is 32.9 Å². The van der Waals surface area contributed by atoms with Crippen LogP contribution in [0.3, 0.4) is 0 Å². The Bertz CT molecular complexity index is 303. The molecule has 0 aliphatic carbocycles. The van der Waals surface area contributed by atoms with Crippen LogP contribution in [0, 0.1) is 0 Å². The maximum atomic E-state index is 5.70. The van der Waals surface area contributed by atoms with Crippen molar-refractivity contribution in [1.82, 2.24) is 9.88 Å². The monoisotopic (exact) mass is 209 g/mol. The summed E-state index contributed by atoms with van der Waals surface area (Å²) in [6.07, 6.45) is 5.30. The minimum absolute atomic E-state index is 0.0574. The van der Waals surface area contributed by atoms with Crippen LogP contribution in [0.2, 0.25) is 0 Å². The normalized spacial score (nSPS) is 19.6. The summed E-state index contributed by atoms with van der Waals surface area (Å²) in [4.78, 5) is 6.68. The number of nitrogens with two attached hydrogens (primary N) is 1.